The molecule has 1 atom stereocenters. The van der Waals surface area contributed by atoms with E-state index in [1.54, 1.807) is 11.3 Å². The first kappa shape index (κ1) is 17.7. The lowest BCUT2D eigenvalue weighted by atomic mass is 9.93. The molecule has 6 heteroatoms. The fourth-order valence-electron chi connectivity index (χ4n) is 3.28. The van der Waals surface area contributed by atoms with Gasteiger partial charge < -0.3 is 15.0 Å². The average molecular weight is 352 g/mol. The first-order chi connectivity index (χ1) is 11.4. The average Bonchev–Trinajstić information content (AvgIpc) is 3.06. The third-order valence-electron chi connectivity index (χ3n) is 4.85. The number of carbonyl (C=O) groups is 1. The van der Waals surface area contributed by atoms with Gasteiger partial charge in [0.15, 0.2) is 0 Å². The Morgan fingerprint density at radius 2 is 2.08 bits per heavy atom. The minimum atomic E-state index is -0.100. The maximum absolute atomic E-state index is 12.5. The zero-order valence-electron chi connectivity index (χ0n) is 15.0. The second-order valence-corrected chi connectivity index (χ2v) is 8.80. The van der Waals surface area contributed by atoms with Gasteiger partial charge in [0.25, 0.3) is 0 Å². The van der Waals surface area contributed by atoms with Crippen LogP contribution in [0.1, 0.15) is 69.7 Å². The molecule has 3 rings (SSSR count). The standard InChI is InChI=1S/C18H29N3O2S/c1-18(2,3)15-12-24-16(20-15)14-11-21(9-10-23-14)17(22)19-13-7-5-4-6-8-13/h12-14H,4-11H2,1-3H3,(H,19,22). The van der Waals surface area contributed by atoms with Crippen LogP contribution < -0.4 is 5.32 Å². The van der Waals surface area contributed by atoms with Crippen LogP contribution in [0.3, 0.4) is 0 Å². The van der Waals surface area contributed by atoms with Crippen molar-refractivity contribution in [1.82, 2.24) is 15.2 Å². The summed E-state index contributed by atoms with van der Waals surface area (Å²) in [5, 5.41) is 6.30. The molecular formula is C18H29N3O2S. The lowest BCUT2D eigenvalue weighted by Gasteiger charge is -2.34. The molecule has 5 nitrogen and oxygen atoms in total. The van der Waals surface area contributed by atoms with Crippen LogP contribution in [-0.2, 0) is 10.2 Å². The van der Waals surface area contributed by atoms with Gasteiger partial charge in [-0.25, -0.2) is 9.78 Å². The number of aromatic nitrogens is 1. The van der Waals surface area contributed by atoms with Gasteiger partial charge in [-0.15, -0.1) is 11.3 Å². The monoisotopic (exact) mass is 351 g/mol. The number of thiazole rings is 1. The van der Waals surface area contributed by atoms with E-state index in [2.05, 4.69) is 31.5 Å². The van der Waals surface area contributed by atoms with E-state index in [-0.39, 0.29) is 17.6 Å². The second kappa shape index (κ2) is 7.40. The molecule has 1 unspecified atom stereocenters. The summed E-state index contributed by atoms with van der Waals surface area (Å²) in [5.41, 5.74) is 1.14. The van der Waals surface area contributed by atoms with E-state index in [0.29, 0.717) is 25.7 Å². The van der Waals surface area contributed by atoms with Crippen LogP contribution in [0.25, 0.3) is 0 Å². The molecule has 0 radical (unpaired) electrons. The molecule has 1 N–H and O–H groups in total. The van der Waals surface area contributed by atoms with Crippen molar-refractivity contribution in [2.45, 2.75) is 70.4 Å². The smallest absolute Gasteiger partial charge is 0.317 e. The van der Waals surface area contributed by atoms with E-state index in [0.717, 1.165) is 23.5 Å². The minimum Gasteiger partial charge on any atom is -0.367 e. The summed E-state index contributed by atoms with van der Waals surface area (Å²) in [6, 6.07) is 0.405. The maximum Gasteiger partial charge on any atom is 0.317 e. The number of hydrogen-bond donors (Lipinski definition) is 1. The van der Waals surface area contributed by atoms with Crippen molar-refractivity contribution >= 4 is 17.4 Å². The molecule has 1 aliphatic heterocycles. The van der Waals surface area contributed by atoms with Gasteiger partial charge in [0.2, 0.25) is 0 Å². The van der Waals surface area contributed by atoms with Crippen LogP contribution in [-0.4, -0.2) is 41.7 Å². The number of carbonyl (C=O) groups excluding carboxylic acids is 1. The summed E-state index contributed by atoms with van der Waals surface area (Å²) in [5.74, 6) is 0. The number of ether oxygens (including phenoxy) is 1. The Hall–Kier alpha value is -1.14. The number of nitrogens with zero attached hydrogens (tertiary/aromatic N) is 2. The van der Waals surface area contributed by atoms with E-state index < -0.39 is 0 Å². The van der Waals surface area contributed by atoms with Gasteiger partial charge in [-0.3, -0.25) is 0 Å². The van der Waals surface area contributed by atoms with E-state index in [4.69, 9.17) is 9.72 Å². The Morgan fingerprint density at radius 1 is 1.33 bits per heavy atom. The summed E-state index contributed by atoms with van der Waals surface area (Å²) in [4.78, 5) is 19.2. The fourth-order valence-corrected chi connectivity index (χ4v) is 4.36. The highest BCUT2D eigenvalue weighted by Crippen LogP contribution is 2.30. The zero-order valence-corrected chi connectivity index (χ0v) is 15.8. The molecule has 1 aromatic heterocycles. The second-order valence-electron chi connectivity index (χ2n) is 7.91. The summed E-state index contributed by atoms with van der Waals surface area (Å²) in [6.45, 7) is 8.32. The molecule has 1 saturated heterocycles. The molecule has 2 aliphatic rings. The number of urea groups is 1. The minimum absolute atomic E-state index is 0.0431. The highest BCUT2D eigenvalue weighted by atomic mass is 32.1. The van der Waals surface area contributed by atoms with E-state index in [1.807, 2.05) is 4.90 Å². The van der Waals surface area contributed by atoms with Crippen molar-refractivity contribution in [3.8, 4) is 0 Å². The summed E-state index contributed by atoms with van der Waals surface area (Å²) < 4.78 is 5.89. The van der Waals surface area contributed by atoms with Crippen molar-refractivity contribution in [2.24, 2.45) is 0 Å². The number of amides is 2. The maximum atomic E-state index is 12.5. The Kier molecular flexibility index (Phi) is 5.45. The number of nitrogens with one attached hydrogen (secondary N) is 1. The summed E-state index contributed by atoms with van der Waals surface area (Å²) >= 11 is 1.64. The van der Waals surface area contributed by atoms with Gasteiger partial charge in [-0.2, -0.15) is 0 Å². The van der Waals surface area contributed by atoms with Gasteiger partial charge in [-0.05, 0) is 12.8 Å². The van der Waals surface area contributed by atoms with Gasteiger partial charge in [0, 0.05) is 23.4 Å². The Balaban J connectivity index is 1.59. The van der Waals surface area contributed by atoms with E-state index >= 15 is 0 Å². The van der Waals surface area contributed by atoms with Crippen LogP contribution in [0.2, 0.25) is 0 Å². The topological polar surface area (TPSA) is 54.5 Å². The Morgan fingerprint density at radius 3 is 2.75 bits per heavy atom. The van der Waals surface area contributed by atoms with Gasteiger partial charge in [0.05, 0.1) is 18.8 Å². The number of morpholine rings is 1. The molecule has 0 bridgehead atoms. The highest BCUT2D eigenvalue weighted by Gasteiger charge is 2.29. The van der Waals surface area contributed by atoms with Crippen molar-refractivity contribution in [3.05, 3.63) is 16.1 Å². The van der Waals surface area contributed by atoms with E-state index in [9.17, 15) is 4.79 Å². The molecule has 134 valence electrons. The van der Waals surface area contributed by atoms with Crippen LogP contribution >= 0.6 is 11.3 Å². The molecule has 2 amide bonds. The fraction of sp³-hybridized carbons (Fsp3) is 0.778. The predicted octanol–water partition coefficient (Wildman–Crippen LogP) is 3.86. The zero-order chi connectivity index (χ0) is 17.2. The highest BCUT2D eigenvalue weighted by molar-refractivity contribution is 7.09. The molecule has 2 heterocycles. The molecule has 24 heavy (non-hydrogen) atoms. The third kappa shape index (κ3) is 4.28. The lowest BCUT2D eigenvalue weighted by Crippen LogP contribution is -2.50. The molecule has 1 saturated carbocycles. The van der Waals surface area contributed by atoms with Crippen molar-refractivity contribution in [1.29, 1.82) is 0 Å². The molecule has 1 aromatic rings. The summed E-state index contributed by atoms with van der Waals surface area (Å²) in [6.07, 6.45) is 5.88. The van der Waals surface area contributed by atoms with Gasteiger partial charge in [-0.1, -0.05) is 40.0 Å². The van der Waals surface area contributed by atoms with Crippen molar-refractivity contribution in [3.63, 3.8) is 0 Å². The first-order valence-electron chi connectivity index (χ1n) is 9.06. The molecular weight excluding hydrogens is 322 g/mol. The lowest BCUT2D eigenvalue weighted by molar-refractivity contribution is -0.0161. The first-order valence-corrected chi connectivity index (χ1v) is 9.94. The largest absolute Gasteiger partial charge is 0.367 e. The number of rotatable bonds is 2. The van der Waals surface area contributed by atoms with Gasteiger partial charge in [0.1, 0.15) is 11.1 Å². The quantitative estimate of drug-likeness (QED) is 0.880. The van der Waals surface area contributed by atoms with Crippen LogP contribution in [0.5, 0.6) is 0 Å². The summed E-state index contributed by atoms with van der Waals surface area (Å²) in [7, 11) is 0. The normalized spacial score (nSPS) is 23.3. The number of hydrogen-bond acceptors (Lipinski definition) is 4. The van der Waals surface area contributed by atoms with Crippen LogP contribution in [0.15, 0.2) is 5.38 Å². The van der Waals surface area contributed by atoms with Crippen LogP contribution in [0.4, 0.5) is 4.79 Å². The Labute approximate surface area is 148 Å². The predicted molar refractivity (Wildman–Crippen MR) is 96.5 cm³/mol. The van der Waals surface area contributed by atoms with Crippen molar-refractivity contribution < 1.29 is 9.53 Å². The van der Waals surface area contributed by atoms with Crippen molar-refractivity contribution in [2.75, 3.05) is 19.7 Å². The van der Waals surface area contributed by atoms with Crippen LogP contribution in [0, 0.1) is 0 Å². The Bertz CT molecular complexity index is 561. The third-order valence-corrected chi connectivity index (χ3v) is 5.79. The van der Waals surface area contributed by atoms with Gasteiger partial charge >= 0.3 is 6.03 Å². The molecule has 2 fully saturated rings. The molecule has 0 aromatic carbocycles. The SMILES string of the molecule is CC(C)(C)c1csc(C2CN(C(=O)NC3CCCCC3)CCO2)n1. The van der Waals surface area contributed by atoms with E-state index in [1.165, 1.54) is 19.3 Å². The molecule has 1 aliphatic carbocycles. The molecule has 0 spiro atoms.